The van der Waals surface area contributed by atoms with Crippen molar-refractivity contribution in [2.45, 2.75) is 13.3 Å². The summed E-state index contributed by atoms with van der Waals surface area (Å²) in [7, 11) is 0. The Kier molecular flexibility index (Phi) is 4.38. The Hall–Kier alpha value is -2.67. The molecule has 118 valence electrons. The molecule has 0 atom stereocenters. The molecule has 0 saturated carbocycles. The molecule has 0 saturated heterocycles. The van der Waals surface area contributed by atoms with Gasteiger partial charge in [-0.15, -0.1) is 5.10 Å². The highest BCUT2D eigenvalue weighted by Gasteiger charge is 2.11. The Morgan fingerprint density at radius 3 is 2.87 bits per heavy atom. The standard InChI is InChI=1S/C16H16N4O2S/c1-2-9-17-15-19-20-13(10-18-16(20)23-15)12-6-3-11(4-7-12)5-8-14(21)22/h3-8,10H,2,9H2,1H3,(H,17,19)(H,21,22). The van der Waals surface area contributed by atoms with E-state index >= 15 is 0 Å². The van der Waals surface area contributed by atoms with Crippen molar-refractivity contribution >= 4 is 33.5 Å². The molecule has 0 amide bonds. The highest BCUT2D eigenvalue weighted by atomic mass is 32.1. The molecule has 2 N–H and O–H groups in total. The van der Waals surface area contributed by atoms with Gasteiger partial charge in [-0.3, -0.25) is 0 Å². The summed E-state index contributed by atoms with van der Waals surface area (Å²) in [5.41, 5.74) is 2.73. The van der Waals surface area contributed by atoms with Crippen LogP contribution in [-0.2, 0) is 4.79 Å². The second-order valence-corrected chi connectivity index (χ2v) is 5.92. The third-order valence-electron chi connectivity index (χ3n) is 3.24. The van der Waals surface area contributed by atoms with Crippen LogP contribution in [0.4, 0.5) is 5.13 Å². The average molecular weight is 328 g/mol. The maximum absolute atomic E-state index is 10.5. The van der Waals surface area contributed by atoms with Crippen molar-refractivity contribution in [2.75, 3.05) is 11.9 Å². The van der Waals surface area contributed by atoms with E-state index in [1.54, 1.807) is 12.3 Å². The zero-order chi connectivity index (χ0) is 16.2. The summed E-state index contributed by atoms with van der Waals surface area (Å²) in [4.78, 5) is 15.8. The van der Waals surface area contributed by atoms with Crippen LogP contribution in [0.5, 0.6) is 0 Å². The number of aromatic nitrogens is 3. The number of hydrogen-bond donors (Lipinski definition) is 2. The van der Waals surface area contributed by atoms with Gasteiger partial charge in [0.2, 0.25) is 10.1 Å². The second-order valence-electron chi connectivity index (χ2n) is 4.97. The molecule has 0 unspecified atom stereocenters. The summed E-state index contributed by atoms with van der Waals surface area (Å²) in [6.07, 6.45) is 5.52. The van der Waals surface area contributed by atoms with Crippen molar-refractivity contribution in [3.8, 4) is 11.3 Å². The number of nitrogens with one attached hydrogen (secondary N) is 1. The van der Waals surface area contributed by atoms with E-state index in [2.05, 4.69) is 22.3 Å². The van der Waals surface area contributed by atoms with Gasteiger partial charge in [-0.1, -0.05) is 42.5 Å². The summed E-state index contributed by atoms with van der Waals surface area (Å²) in [5, 5.41) is 17.3. The third-order valence-corrected chi connectivity index (χ3v) is 4.12. The molecule has 3 aromatic rings. The number of anilines is 1. The molecule has 0 bridgehead atoms. The van der Waals surface area contributed by atoms with Crippen LogP contribution in [0.2, 0.25) is 0 Å². The maximum Gasteiger partial charge on any atom is 0.328 e. The minimum atomic E-state index is -0.957. The lowest BCUT2D eigenvalue weighted by atomic mass is 10.1. The topological polar surface area (TPSA) is 79.5 Å². The van der Waals surface area contributed by atoms with E-state index in [1.165, 1.54) is 11.3 Å². The van der Waals surface area contributed by atoms with Gasteiger partial charge in [-0.25, -0.2) is 14.3 Å². The average Bonchev–Trinajstić information content (AvgIpc) is 3.11. The molecule has 0 aliphatic heterocycles. The van der Waals surface area contributed by atoms with Crippen molar-refractivity contribution in [1.29, 1.82) is 0 Å². The molecule has 23 heavy (non-hydrogen) atoms. The largest absolute Gasteiger partial charge is 0.478 e. The number of rotatable bonds is 6. The number of carboxylic acids is 1. The van der Waals surface area contributed by atoms with E-state index in [1.807, 2.05) is 28.8 Å². The third kappa shape index (κ3) is 3.40. The van der Waals surface area contributed by atoms with Crippen molar-refractivity contribution < 1.29 is 9.90 Å². The molecular weight excluding hydrogens is 312 g/mol. The second kappa shape index (κ2) is 6.62. The van der Waals surface area contributed by atoms with E-state index in [0.717, 1.165) is 46.0 Å². The maximum atomic E-state index is 10.5. The van der Waals surface area contributed by atoms with Crippen LogP contribution < -0.4 is 5.32 Å². The number of hydrogen-bond acceptors (Lipinski definition) is 5. The molecule has 0 fully saturated rings. The summed E-state index contributed by atoms with van der Waals surface area (Å²) < 4.78 is 1.82. The van der Waals surface area contributed by atoms with Crippen LogP contribution in [0, 0.1) is 0 Å². The normalized spacial score (nSPS) is 11.3. The van der Waals surface area contributed by atoms with Crippen LogP contribution in [-0.4, -0.2) is 32.2 Å². The van der Waals surface area contributed by atoms with E-state index in [4.69, 9.17) is 5.11 Å². The van der Waals surface area contributed by atoms with E-state index in [0.29, 0.717) is 0 Å². The number of fused-ring (bicyclic) bond motifs is 1. The number of nitrogens with zero attached hydrogens (tertiary/aromatic N) is 3. The molecule has 3 rings (SSSR count). The Morgan fingerprint density at radius 1 is 1.39 bits per heavy atom. The van der Waals surface area contributed by atoms with Gasteiger partial charge in [0.25, 0.3) is 0 Å². The fourth-order valence-electron chi connectivity index (χ4n) is 2.13. The molecule has 6 nitrogen and oxygen atoms in total. The number of aliphatic carboxylic acids is 1. The number of benzene rings is 1. The molecule has 0 aliphatic carbocycles. The van der Waals surface area contributed by atoms with Gasteiger partial charge in [0.05, 0.1) is 11.9 Å². The predicted molar refractivity (Wildman–Crippen MR) is 91.8 cm³/mol. The molecule has 7 heteroatoms. The van der Waals surface area contributed by atoms with Crippen molar-refractivity contribution in [3.63, 3.8) is 0 Å². The van der Waals surface area contributed by atoms with Gasteiger partial charge in [-0.05, 0) is 18.1 Å². The first kappa shape index (κ1) is 15.2. The Morgan fingerprint density at radius 2 is 2.17 bits per heavy atom. The van der Waals surface area contributed by atoms with Crippen LogP contribution in [0.25, 0.3) is 22.3 Å². The van der Waals surface area contributed by atoms with E-state index in [9.17, 15) is 4.79 Å². The number of carboxylic acid groups (broad SMARTS) is 1. The van der Waals surface area contributed by atoms with E-state index < -0.39 is 5.97 Å². The lowest BCUT2D eigenvalue weighted by Crippen LogP contribution is -1.99. The number of imidazole rings is 1. The minimum Gasteiger partial charge on any atom is -0.478 e. The van der Waals surface area contributed by atoms with Crippen LogP contribution >= 0.6 is 11.3 Å². The van der Waals surface area contributed by atoms with Gasteiger partial charge >= 0.3 is 5.97 Å². The molecule has 0 radical (unpaired) electrons. The van der Waals surface area contributed by atoms with E-state index in [-0.39, 0.29) is 0 Å². The molecule has 1 aromatic carbocycles. The van der Waals surface area contributed by atoms with Gasteiger partial charge in [0, 0.05) is 18.2 Å². The van der Waals surface area contributed by atoms with Gasteiger partial charge < -0.3 is 10.4 Å². The van der Waals surface area contributed by atoms with Crippen molar-refractivity contribution in [1.82, 2.24) is 14.6 Å². The quantitative estimate of drug-likeness (QED) is 0.678. The first-order valence-corrected chi connectivity index (χ1v) is 8.09. The summed E-state index contributed by atoms with van der Waals surface area (Å²) >= 11 is 1.52. The molecule has 0 aliphatic rings. The summed E-state index contributed by atoms with van der Waals surface area (Å²) in [5.74, 6) is -0.957. The van der Waals surface area contributed by atoms with Crippen molar-refractivity contribution in [2.24, 2.45) is 0 Å². The Labute approximate surface area is 137 Å². The fourth-order valence-corrected chi connectivity index (χ4v) is 2.93. The zero-order valence-electron chi connectivity index (χ0n) is 12.6. The lowest BCUT2D eigenvalue weighted by molar-refractivity contribution is -0.131. The predicted octanol–water partition coefficient (Wildman–Crippen LogP) is 3.38. The highest BCUT2D eigenvalue weighted by molar-refractivity contribution is 7.20. The zero-order valence-corrected chi connectivity index (χ0v) is 13.4. The minimum absolute atomic E-state index is 0.834. The smallest absolute Gasteiger partial charge is 0.328 e. The van der Waals surface area contributed by atoms with Crippen LogP contribution in [0.3, 0.4) is 0 Å². The first-order valence-electron chi connectivity index (χ1n) is 7.27. The SMILES string of the molecule is CCCNc1nn2c(-c3ccc(C=CC(=O)O)cc3)cnc2s1. The highest BCUT2D eigenvalue weighted by Crippen LogP contribution is 2.26. The van der Waals surface area contributed by atoms with Gasteiger partial charge in [0.15, 0.2) is 0 Å². The van der Waals surface area contributed by atoms with Gasteiger partial charge in [-0.2, -0.15) is 0 Å². The first-order chi connectivity index (χ1) is 11.2. The lowest BCUT2D eigenvalue weighted by Gasteiger charge is -2.00. The molecular formula is C16H16N4O2S. The van der Waals surface area contributed by atoms with Gasteiger partial charge in [0.1, 0.15) is 0 Å². The Bertz CT molecular complexity index is 849. The molecule has 2 heterocycles. The fraction of sp³-hybridized carbons (Fsp3) is 0.188. The summed E-state index contributed by atoms with van der Waals surface area (Å²) in [6, 6.07) is 7.61. The van der Waals surface area contributed by atoms with Crippen LogP contribution in [0.1, 0.15) is 18.9 Å². The molecule has 0 spiro atoms. The number of carbonyl (C=O) groups is 1. The Balaban J connectivity index is 1.87. The molecule has 2 aromatic heterocycles. The summed E-state index contributed by atoms with van der Waals surface area (Å²) in [6.45, 7) is 2.99. The van der Waals surface area contributed by atoms with Crippen LogP contribution in [0.15, 0.2) is 36.5 Å². The van der Waals surface area contributed by atoms with Crippen molar-refractivity contribution in [3.05, 3.63) is 42.1 Å². The monoisotopic (exact) mass is 328 g/mol.